The van der Waals surface area contributed by atoms with Crippen molar-refractivity contribution in [3.63, 3.8) is 0 Å². The van der Waals surface area contributed by atoms with Crippen LogP contribution in [-0.2, 0) is 9.53 Å². The zero-order chi connectivity index (χ0) is 15.1. The number of aromatic nitrogens is 1. The van der Waals surface area contributed by atoms with Gasteiger partial charge in [0.1, 0.15) is 0 Å². The molecule has 0 saturated heterocycles. The highest BCUT2D eigenvalue weighted by atomic mass is 79.9. The second kappa shape index (κ2) is 15.2. The van der Waals surface area contributed by atoms with E-state index in [1.54, 1.807) is 12.4 Å². The molecular weight excluding hydrogens is 306 g/mol. The Morgan fingerprint density at radius 3 is 2.21 bits per heavy atom. The molecule has 0 aliphatic heterocycles. The normalized spacial score (nSPS) is 11.5. The minimum Gasteiger partial charge on any atom is -0.466 e. The number of hydrogen-bond acceptors (Lipinski definition) is 3. The van der Waals surface area contributed by atoms with Gasteiger partial charge in [0.05, 0.1) is 12.5 Å². The van der Waals surface area contributed by atoms with E-state index >= 15 is 0 Å². The number of nitrogens with zero attached hydrogens (tertiary/aromatic N) is 1. The highest BCUT2D eigenvalue weighted by Gasteiger charge is 2.30. The fourth-order valence-corrected chi connectivity index (χ4v) is 1.19. The van der Waals surface area contributed by atoms with Gasteiger partial charge in [-0.2, -0.15) is 0 Å². The van der Waals surface area contributed by atoms with Gasteiger partial charge >= 0.3 is 5.97 Å². The summed E-state index contributed by atoms with van der Waals surface area (Å²) in [6, 6.07) is 3.82. The van der Waals surface area contributed by atoms with E-state index < -0.39 is 0 Å². The van der Waals surface area contributed by atoms with Crippen LogP contribution in [0.4, 0.5) is 0 Å². The van der Waals surface area contributed by atoms with Crippen molar-refractivity contribution in [3.8, 4) is 0 Å². The van der Waals surface area contributed by atoms with Crippen LogP contribution in [-0.4, -0.2) is 17.6 Å². The Morgan fingerprint density at radius 2 is 1.95 bits per heavy atom. The number of ether oxygens (including phenoxy) is 1. The summed E-state index contributed by atoms with van der Waals surface area (Å²) in [7, 11) is 0. The van der Waals surface area contributed by atoms with Gasteiger partial charge in [-0.25, -0.2) is 0 Å². The fraction of sp³-hybridized carbons (Fsp3) is 0.600. The van der Waals surface area contributed by atoms with Gasteiger partial charge in [-0.05, 0) is 47.8 Å². The van der Waals surface area contributed by atoms with Crippen LogP contribution in [0.3, 0.4) is 0 Å². The molecule has 1 aromatic heterocycles. The van der Waals surface area contributed by atoms with Crippen LogP contribution in [0.25, 0.3) is 0 Å². The van der Waals surface area contributed by atoms with Gasteiger partial charge in [-0.3, -0.25) is 9.78 Å². The molecule has 1 aliphatic rings. The van der Waals surface area contributed by atoms with E-state index in [0.717, 1.165) is 17.3 Å². The van der Waals surface area contributed by atoms with Crippen molar-refractivity contribution in [1.82, 2.24) is 4.98 Å². The Labute approximate surface area is 125 Å². The maximum absolute atomic E-state index is 10.6. The van der Waals surface area contributed by atoms with Gasteiger partial charge in [-0.1, -0.05) is 27.7 Å². The third-order valence-electron chi connectivity index (χ3n) is 1.82. The smallest absolute Gasteiger partial charge is 0.308 e. The van der Waals surface area contributed by atoms with Crippen LogP contribution in [0.15, 0.2) is 29.0 Å². The van der Waals surface area contributed by atoms with Crippen molar-refractivity contribution in [3.05, 3.63) is 29.0 Å². The molecule has 19 heavy (non-hydrogen) atoms. The summed E-state index contributed by atoms with van der Waals surface area (Å²) in [5.74, 6) is 0.252. The molecule has 0 radical (unpaired) electrons. The molecule has 1 aromatic rings. The maximum atomic E-state index is 10.6. The summed E-state index contributed by atoms with van der Waals surface area (Å²) in [4.78, 5) is 14.4. The minimum atomic E-state index is -0.00694. The summed E-state index contributed by atoms with van der Waals surface area (Å²) in [6.45, 7) is 10.4. The molecule has 110 valence electrons. The molecule has 1 saturated carbocycles. The Bertz CT molecular complexity index is 300. The van der Waals surface area contributed by atoms with Gasteiger partial charge in [-0.15, -0.1) is 0 Å². The number of carbonyl (C=O) groups is 1. The number of carbonyl (C=O) groups excluding carboxylic acids is 1. The SMILES string of the molecule is Brc1cccnc1.CC.CC.CCOC(=O)C1CC1. The molecule has 1 fully saturated rings. The second-order valence-electron chi connectivity index (χ2n) is 3.20. The monoisotopic (exact) mass is 331 g/mol. The molecule has 0 unspecified atom stereocenters. The van der Waals surface area contributed by atoms with Crippen molar-refractivity contribution < 1.29 is 9.53 Å². The average Bonchev–Trinajstić information content (AvgIpc) is 3.30. The van der Waals surface area contributed by atoms with E-state index in [9.17, 15) is 4.79 Å². The molecule has 0 bridgehead atoms. The summed E-state index contributed by atoms with van der Waals surface area (Å²) in [5.41, 5.74) is 0. The molecule has 0 atom stereocenters. The molecule has 2 rings (SSSR count). The number of esters is 1. The largest absolute Gasteiger partial charge is 0.466 e. The summed E-state index contributed by atoms with van der Waals surface area (Å²) in [6.07, 6.45) is 5.57. The first kappa shape index (κ1) is 20.4. The lowest BCUT2D eigenvalue weighted by molar-refractivity contribution is -0.144. The first-order valence-electron chi connectivity index (χ1n) is 6.96. The number of rotatable bonds is 2. The van der Waals surface area contributed by atoms with Crippen LogP contribution in [0.1, 0.15) is 47.5 Å². The highest BCUT2D eigenvalue weighted by molar-refractivity contribution is 9.10. The van der Waals surface area contributed by atoms with E-state index in [1.807, 2.05) is 46.8 Å². The summed E-state index contributed by atoms with van der Waals surface area (Å²) in [5, 5.41) is 0. The van der Waals surface area contributed by atoms with Gasteiger partial charge in [0, 0.05) is 16.9 Å². The van der Waals surface area contributed by atoms with Crippen molar-refractivity contribution >= 4 is 21.9 Å². The van der Waals surface area contributed by atoms with E-state index in [-0.39, 0.29) is 11.9 Å². The highest BCUT2D eigenvalue weighted by Crippen LogP contribution is 2.29. The zero-order valence-corrected chi connectivity index (χ0v) is 14.2. The lowest BCUT2D eigenvalue weighted by atomic mass is 10.4. The van der Waals surface area contributed by atoms with Crippen LogP contribution in [0.2, 0.25) is 0 Å². The van der Waals surface area contributed by atoms with Crippen LogP contribution in [0, 0.1) is 5.92 Å². The van der Waals surface area contributed by atoms with Crippen LogP contribution >= 0.6 is 15.9 Å². The Kier molecular flexibility index (Phi) is 16.3. The molecule has 1 heterocycles. The first-order chi connectivity index (χ1) is 9.24. The van der Waals surface area contributed by atoms with Crippen molar-refractivity contribution in [2.24, 2.45) is 5.92 Å². The van der Waals surface area contributed by atoms with Gasteiger partial charge in [0.2, 0.25) is 0 Å². The van der Waals surface area contributed by atoms with E-state index in [4.69, 9.17) is 4.74 Å². The van der Waals surface area contributed by atoms with E-state index in [0.29, 0.717) is 6.61 Å². The van der Waals surface area contributed by atoms with E-state index in [2.05, 4.69) is 20.9 Å². The third kappa shape index (κ3) is 13.3. The molecule has 3 nitrogen and oxygen atoms in total. The molecule has 4 heteroatoms. The Hall–Kier alpha value is -0.900. The standard InChI is InChI=1S/C6H10O2.C5H4BrN.2C2H6/c1-2-8-6(7)5-3-4-5;6-5-2-1-3-7-4-5;2*1-2/h5H,2-4H2,1H3;1-4H;2*1-2H3. The van der Waals surface area contributed by atoms with Crippen LogP contribution in [0.5, 0.6) is 0 Å². The van der Waals surface area contributed by atoms with Gasteiger partial charge in [0.25, 0.3) is 0 Å². The molecule has 0 N–H and O–H groups in total. The molecule has 0 aromatic carbocycles. The second-order valence-corrected chi connectivity index (χ2v) is 4.11. The van der Waals surface area contributed by atoms with Crippen molar-refractivity contribution in [2.75, 3.05) is 6.61 Å². The number of hydrogen-bond donors (Lipinski definition) is 0. The van der Waals surface area contributed by atoms with Crippen molar-refractivity contribution in [2.45, 2.75) is 47.5 Å². The fourth-order valence-electron chi connectivity index (χ4n) is 0.921. The number of pyridine rings is 1. The lowest BCUT2D eigenvalue weighted by Gasteiger charge is -1.95. The average molecular weight is 332 g/mol. The topological polar surface area (TPSA) is 39.2 Å². The quantitative estimate of drug-likeness (QED) is 0.726. The minimum absolute atomic E-state index is 0.00694. The van der Waals surface area contributed by atoms with Crippen LogP contribution < -0.4 is 0 Å². The lowest BCUT2D eigenvalue weighted by Crippen LogP contribution is -2.04. The Morgan fingerprint density at radius 1 is 1.37 bits per heavy atom. The first-order valence-corrected chi connectivity index (χ1v) is 7.75. The third-order valence-corrected chi connectivity index (χ3v) is 2.29. The molecule has 0 spiro atoms. The predicted molar refractivity (Wildman–Crippen MR) is 84.0 cm³/mol. The summed E-state index contributed by atoms with van der Waals surface area (Å²) >= 11 is 3.25. The molecule has 1 aliphatic carbocycles. The van der Waals surface area contributed by atoms with Crippen molar-refractivity contribution in [1.29, 1.82) is 0 Å². The molecule has 0 amide bonds. The maximum Gasteiger partial charge on any atom is 0.308 e. The van der Waals surface area contributed by atoms with Gasteiger partial charge in [0.15, 0.2) is 0 Å². The summed E-state index contributed by atoms with van der Waals surface area (Å²) < 4.78 is 5.75. The Balaban J connectivity index is 0. The zero-order valence-electron chi connectivity index (χ0n) is 12.6. The number of halogens is 1. The molecular formula is C15H26BrNO2. The van der Waals surface area contributed by atoms with E-state index in [1.165, 1.54) is 0 Å². The predicted octanol–water partition coefficient (Wildman–Crippen LogP) is 4.86. The van der Waals surface area contributed by atoms with Gasteiger partial charge < -0.3 is 4.74 Å².